The number of piperazine rings is 1. The molecule has 0 aromatic rings. The third-order valence-electron chi connectivity index (χ3n) is 4.01. The van der Waals surface area contributed by atoms with E-state index in [0.29, 0.717) is 18.0 Å². The average Bonchev–Trinajstić information content (AvgIpc) is 2.51. The van der Waals surface area contributed by atoms with Crippen molar-refractivity contribution >= 4 is 5.91 Å². The van der Waals surface area contributed by atoms with Crippen LogP contribution < -0.4 is 0 Å². The Kier molecular flexibility index (Phi) is 3.76. The Labute approximate surface area is 105 Å². The van der Waals surface area contributed by atoms with Gasteiger partial charge in [-0.05, 0) is 18.8 Å². The van der Waals surface area contributed by atoms with Crippen LogP contribution in [0.4, 0.5) is 0 Å². The quantitative estimate of drug-likeness (QED) is 0.750. The molecule has 0 saturated carbocycles. The lowest BCUT2D eigenvalue weighted by Gasteiger charge is -2.42. The van der Waals surface area contributed by atoms with Gasteiger partial charge in [-0.2, -0.15) is 0 Å². The first kappa shape index (κ1) is 12.9. The summed E-state index contributed by atoms with van der Waals surface area (Å²) in [5.41, 5.74) is 0. The molecule has 0 N–H and O–H groups in total. The second-order valence-corrected chi connectivity index (χ2v) is 6.37. The van der Waals surface area contributed by atoms with Crippen LogP contribution in [0.5, 0.6) is 0 Å². The molecule has 0 aliphatic carbocycles. The fourth-order valence-corrected chi connectivity index (χ4v) is 3.26. The molecule has 2 bridgehead atoms. The maximum Gasteiger partial charge on any atom is 0.225 e. The van der Waals surface area contributed by atoms with Crippen LogP contribution >= 0.6 is 0 Å². The van der Waals surface area contributed by atoms with Gasteiger partial charge in [-0.15, -0.1) is 0 Å². The van der Waals surface area contributed by atoms with Crippen molar-refractivity contribution in [1.29, 1.82) is 0 Å². The van der Waals surface area contributed by atoms with E-state index in [1.165, 1.54) is 19.4 Å². The molecule has 2 aliphatic heterocycles. The smallest absolute Gasteiger partial charge is 0.225 e. The standard InChI is InChI=1S/C14H26N2O/c1-10(2)7-16-12-5-6-13(16)9-15(8-12)14(17)11(3)4/h10-13H,5-9H2,1-4H3. The van der Waals surface area contributed by atoms with Crippen LogP contribution in [0, 0.1) is 11.8 Å². The molecule has 2 fully saturated rings. The number of hydrogen-bond donors (Lipinski definition) is 0. The van der Waals surface area contributed by atoms with Gasteiger partial charge in [-0.3, -0.25) is 9.69 Å². The van der Waals surface area contributed by atoms with Crippen molar-refractivity contribution in [3.05, 3.63) is 0 Å². The van der Waals surface area contributed by atoms with Gasteiger partial charge >= 0.3 is 0 Å². The van der Waals surface area contributed by atoms with Gasteiger partial charge in [0.15, 0.2) is 0 Å². The van der Waals surface area contributed by atoms with E-state index in [4.69, 9.17) is 0 Å². The summed E-state index contributed by atoms with van der Waals surface area (Å²) >= 11 is 0. The van der Waals surface area contributed by atoms with E-state index in [1.807, 2.05) is 13.8 Å². The average molecular weight is 238 g/mol. The van der Waals surface area contributed by atoms with Gasteiger partial charge in [0.25, 0.3) is 0 Å². The van der Waals surface area contributed by atoms with Crippen molar-refractivity contribution in [2.24, 2.45) is 11.8 Å². The van der Waals surface area contributed by atoms with E-state index in [1.54, 1.807) is 0 Å². The van der Waals surface area contributed by atoms with Crippen molar-refractivity contribution in [3.63, 3.8) is 0 Å². The summed E-state index contributed by atoms with van der Waals surface area (Å²) in [4.78, 5) is 16.8. The highest BCUT2D eigenvalue weighted by molar-refractivity contribution is 5.78. The Balaban J connectivity index is 1.99. The minimum Gasteiger partial charge on any atom is -0.339 e. The summed E-state index contributed by atoms with van der Waals surface area (Å²) in [6.45, 7) is 11.7. The van der Waals surface area contributed by atoms with Gasteiger partial charge < -0.3 is 4.90 Å². The first-order valence-corrected chi connectivity index (χ1v) is 7.03. The lowest BCUT2D eigenvalue weighted by Crippen LogP contribution is -2.56. The lowest BCUT2D eigenvalue weighted by atomic mass is 10.1. The Bertz CT molecular complexity index is 274. The zero-order valence-electron chi connectivity index (χ0n) is 11.6. The molecule has 98 valence electrons. The van der Waals surface area contributed by atoms with Gasteiger partial charge in [0, 0.05) is 37.6 Å². The number of carbonyl (C=O) groups is 1. The second kappa shape index (κ2) is 4.97. The second-order valence-electron chi connectivity index (χ2n) is 6.37. The molecule has 2 rings (SSSR count). The van der Waals surface area contributed by atoms with Crippen LogP contribution in [0.3, 0.4) is 0 Å². The monoisotopic (exact) mass is 238 g/mol. The zero-order chi connectivity index (χ0) is 12.6. The first-order valence-electron chi connectivity index (χ1n) is 7.03. The van der Waals surface area contributed by atoms with E-state index < -0.39 is 0 Å². The summed E-state index contributed by atoms with van der Waals surface area (Å²) in [7, 11) is 0. The zero-order valence-corrected chi connectivity index (χ0v) is 11.6. The normalized spacial score (nSPS) is 29.4. The fourth-order valence-electron chi connectivity index (χ4n) is 3.26. The third kappa shape index (κ3) is 2.65. The highest BCUT2D eigenvalue weighted by Crippen LogP contribution is 2.31. The molecule has 0 aromatic heterocycles. The maximum absolute atomic E-state index is 12.1. The number of rotatable bonds is 3. The molecule has 17 heavy (non-hydrogen) atoms. The summed E-state index contributed by atoms with van der Waals surface area (Å²) in [5, 5.41) is 0. The van der Waals surface area contributed by atoms with Crippen LogP contribution in [0.2, 0.25) is 0 Å². The Morgan fingerprint density at radius 3 is 2.06 bits per heavy atom. The predicted octanol–water partition coefficient (Wildman–Crippen LogP) is 1.97. The number of fused-ring (bicyclic) bond motifs is 2. The summed E-state index contributed by atoms with van der Waals surface area (Å²) in [5.74, 6) is 1.21. The third-order valence-corrected chi connectivity index (χ3v) is 4.01. The molecule has 3 nitrogen and oxygen atoms in total. The highest BCUT2D eigenvalue weighted by Gasteiger charge is 2.41. The molecule has 2 heterocycles. The van der Waals surface area contributed by atoms with Crippen LogP contribution in [0.15, 0.2) is 0 Å². The minimum atomic E-state index is 0.144. The molecule has 0 spiro atoms. The number of nitrogens with zero attached hydrogens (tertiary/aromatic N) is 2. The first-order chi connectivity index (χ1) is 7.99. The molecule has 2 aliphatic rings. The molecule has 0 radical (unpaired) electrons. The fraction of sp³-hybridized carbons (Fsp3) is 0.929. The summed E-state index contributed by atoms with van der Waals surface area (Å²) < 4.78 is 0. The summed E-state index contributed by atoms with van der Waals surface area (Å²) in [6.07, 6.45) is 2.55. The van der Waals surface area contributed by atoms with Gasteiger partial charge in [-0.25, -0.2) is 0 Å². The van der Waals surface area contributed by atoms with Gasteiger partial charge in [0.05, 0.1) is 0 Å². The Hall–Kier alpha value is -0.570. The molecule has 2 unspecified atom stereocenters. The van der Waals surface area contributed by atoms with Gasteiger partial charge in [0.2, 0.25) is 5.91 Å². The largest absolute Gasteiger partial charge is 0.339 e. The van der Waals surface area contributed by atoms with E-state index in [2.05, 4.69) is 23.6 Å². The highest BCUT2D eigenvalue weighted by atomic mass is 16.2. The molecule has 1 amide bonds. The number of likely N-dealkylation sites (tertiary alicyclic amines) is 1. The van der Waals surface area contributed by atoms with Gasteiger partial charge in [0.1, 0.15) is 0 Å². The van der Waals surface area contributed by atoms with Gasteiger partial charge in [-0.1, -0.05) is 27.7 Å². The topological polar surface area (TPSA) is 23.6 Å². The minimum absolute atomic E-state index is 0.144. The Morgan fingerprint density at radius 2 is 1.65 bits per heavy atom. The molecule has 0 aromatic carbocycles. The number of carbonyl (C=O) groups excluding carboxylic acids is 1. The number of hydrogen-bond acceptors (Lipinski definition) is 2. The predicted molar refractivity (Wildman–Crippen MR) is 69.8 cm³/mol. The lowest BCUT2D eigenvalue weighted by molar-refractivity contribution is -0.138. The molecule has 3 heteroatoms. The van der Waals surface area contributed by atoms with Crippen molar-refractivity contribution in [3.8, 4) is 0 Å². The SMILES string of the molecule is CC(C)CN1C2CCC1CN(C(=O)C(C)C)C2. The maximum atomic E-state index is 12.1. The number of amides is 1. The molecule has 2 saturated heterocycles. The Morgan fingerprint density at radius 1 is 1.12 bits per heavy atom. The summed E-state index contributed by atoms with van der Waals surface area (Å²) in [6, 6.07) is 1.25. The van der Waals surface area contributed by atoms with Crippen LogP contribution in [0.25, 0.3) is 0 Å². The van der Waals surface area contributed by atoms with Crippen LogP contribution in [-0.4, -0.2) is 47.4 Å². The van der Waals surface area contributed by atoms with Crippen LogP contribution in [0.1, 0.15) is 40.5 Å². The van der Waals surface area contributed by atoms with E-state index >= 15 is 0 Å². The molecule has 2 atom stereocenters. The van der Waals surface area contributed by atoms with E-state index in [0.717, 1.165) is 19.0 Å². The van der Waals surface area contributed by atoms with Crippen LogP contribution in [-0.2, 0) is 4.79 Å². The van der Waals surface area contributed by atoms with Crippen molar-refractivity contribution < 1.29 is 4.79 Å². The van der Waals surface area contributed by atoms with E-state index in [9.17, 15) is 4.79 Å². The van der Waals surface area contributed by atoms with Crippen molar-refractivity contribution in [1.82, 2.24) is 9.80 Å². The van der Waals surface area contributed by atoms with Crippen molar-refractivity contribution in [2.75, 3.05) is 19.6 Å². The van der Waals surface area contributed by atoms with Crippen molar-refractivity contribution in [2.45, 2.75) is 52.6 Å². The molecular formula is C14H26N2O. The van der Waals surface area contributed by atoms with E-state index in [-0.39, 0.29) is 5.92 Å². The molecular weight excluding hydrogens is 212 g/mol.